The second-order valence-corrected chi connectivity index (χ2v) is 16.9. The molecular formula is C49H79O13P. The van der Waals surface area contributed by atoms with Crippen LogP contribution in [0.2, 0.25) is 0 Å². The zero-order chi connectivity index (χ0) is 46.4. The first kappa shape index (κ1) is 57.8. The average molecular weight is 907 g/mol. The standard InChI is InChI=1S/C49H79O13P/c1-3-5-7-9-11-13-15-17-19-21-23-25-27-29-31-33-35-37-42(50)59-39-41(40-60-63(57,58)62-49-47(55)45(53)44(52)46(54)48(49)56)61-43(51)38-36-34-32-30-28-26-24-22-20-18-16-14-12-10-8-6-4-2/h11-14,17-20,23-26,29-32,41,44-49,52-56H,3-10,15-16,21-22,27-28,33-40H2,1-2H3,(H,57,58). The van der Waals surface area contributed by atoms with Crippen LogP contribution >= 0.6 is 7.82 Å². The molecule has 1 aliphatic carbocycles. The molecule has 0 radical (unpaired) electrons. The van der Waals surface area contributed by atoms with Gasteiger partial charge in [-0.1, -0.05) is 137 Å². The first-order chi connectivity index (χ1) is 30.4. The van der Waals surface area contributed by atoms with Crippen LogP contribution in [0.3, 0.4) is 0 Å². The predicted octanol–water partition coefficient (Wildman–Crippen LogP) is 9.05. The van der Waals surface area contributed by atoms with E-state index in [4.69, 9.17) is 18.5 Å². The summed E-state index contributed by atoms with van der Waals surface area (Å²) < 4.78 is 33.4. The summed E-state index contributed by atoms with van der Waals surface area (Å²) >= 11 is 0. The molecule has 0 heterocycles. The topological polar surface area (TPSA) is 210 Å². The Hall–Kier alpha value is -3.23. The molecule has 6 N–H and O–H groups in total. The van der Waals surface area contributed by atoms with Gasteiger partial charge in [-0.3, -0.25) is 18.6 Å². The first-order valence-corrected chi connectivity index (χ1v) is 24.5. The molecule has 1 rings (SSSR count). The van der Waals surface area contributed by atoms with Crippen molar-refractivity contribution < 1.29 is 63.1 Å². The van der Waals surface area contributed by atoms with Gasteiger partial charge in [-0.2, -0.15) is 0 Å². The minimum Gasteiger partial charge on any atom is -0.462 e. The minimum absolute atomic E-state index is 0.00337. The minimum atomic E-state index is -5.15. The second-order valence-electron chi connectivity index (χ2n) is 15.5. The van der Waals surface area contributed by atoms with Crippen molar-refractivity contribution in [2.24, 2.45) is 0 Å². The van der Waals surface area contributed by atoms with Crippen molar-refractivity contribution in [3.63, 3.8) is 0 Å². The Bertz CT molecular complexity index is 1470. The van der Waals surface area contributed by atoms with Gasteiger partial charge in [-0.15, -0.1) is 0 Å². The molecule has 6 atom stereocenters. The van der Waals surface area contributed by atoms with E-state index in [0.29, 0.717) is 25.7 Å². The lowest BCUT2D eigenvalue weighted by molar-refractivity contribution is -0.220. The van der Waals surface area contributed by atoms with Crippen LogP contribution in [-0.2, 0) is 32.7 Å². The number of phosphoric acid groups is 1. The number of aliphatic hydroxyl groups excluding tert-OH is 5. The van der Waals surface area contributed by atoms with Crippen LogP contribution < -0.4 is 0 Å². The highest BCUT2D eigenvalue weighted by Crippen LogP contribution is 2.47. The average Bonchev–Trinajstić information content (AvgIpc) is 3.26. The van der Waals surface area contributed by atoms with Gasteiger partial charge in [0, 0.05) is 12.8 Å². The summed E-state index contributed by atoms with van der Waals surface area (Å²) in [4.78, 5) is 35.7. The van der Waals surface area contributed by atoms with Gasteiger partial charge in [0.25, 0.3) is 0 Å². The van der Waals surface area contributed by atoms with Crippen LogP contribution in [0.5, 0.6) is 0 Å². The summed E-state index contributed by atoms with van der Waals surface area (Å²) in [5.74, 6) is -1.24. The number of unbranched alkanes of at least 4 members (excludes halogenated alkanes) is 8. The summed E-state index contributed by atoms with van der Waals surface area (Å²) in [5.41, 5.74) is 0. The molecule has 1 fully saturated rings. The second kappa shape index (κ2) is 38.1. The van der Waals surface area contributed by atoms with Gasteiger partial charge in [-0.25, -0.2) is 4.57 Å². The van der Waals surface area contributed by atoms with E-state index in [1.165, 1.54) is 38.5 Å². The number of carbonyl (C=O) groups is 2. The van der Waals surface area contributed by atoms with Gasteiger partial charge in [-0.05, 0) is 89.9 Å². The Morgan fingerprint density at radius 3 is 1.24 bits per heavy atom. The summed E-state index contributed by atoms with van der Waals surface area (Å²) in [7, 11) is -5.15. The van der Waals surface area contributed by atoms with Gasteiger partial charge < -0.3 is 39.9 Å². The van der Waals surface area contributed by atoms with Gasteiger partial charge in [0.1, 0.15) is 43.2 Å². The summed E-state index contributed by atoms with van der Waals surface area (Å²) in [5, 5.41) is 50.1. The Morgan fingerprint density at radius 2 is 0.841 bits per heavy atom. The fourth-order valence-corrected chi connectivity index (χ4v) is 7.13. The Morgan fingerprint density at radius 1 is 0.492 bits per heavy atom. The SMILES string of the molecule is CCCCCC=CCC=CCC=CCC=CCCCC(=O)OCC(COP(=O)(O)OC1C(O)C(O)C(O)C(O)C1O)OC(=O)CCCC=CCC=CCC=CCC=CCCCCC. The molecule has 0 aromatic rings. The van der Waals surface area contributed by atoms with Crippen LogP contribution in [0, 0.1) is 0 Å². The smallest absolute Gasteiger partial charge is 0.462 e. The van der Waals surface area contributed by atoms with E-state index in [2.05, 4.69) is 86.8 Å². The summed E-state index contributed by atoms with van der Waals surface area (Å²) in [6, 6.07) is 0. The van der Waals surface area contributed by atoms with Gasteiger partial charge in [0.05, 0.1) is 6.61 Å². The van der Waals surface area contributed by atoms with Crippen molar-refractivity contribution in [1.82, 2.24) is 0 Å². The molecule has 1 aliphatic rings. The number of allylic oxidation sites excluding steroid dienone is 16. The molecule has 14 heteroatoms. The molecule has 6 unspecified atom stereocenters. The largest absolute Gasteiger partial charge is 0.472 e. The Kier molecular flexibility index (Phi) is 34.9. The van der Waals surface area contributed by atoms with E-state index in [0.717, 1.165) is 51.4 Å². The van der Waals surface area contributed by atoms with Crippen LogP contribution in [0.4, 0.5) is 0 Å². The molecule has 0 aromatic heterocycles. The number of carbonyl (C=O) groups excluding carboxylic acids is 2. The van der Waals surface area contributed by atoms with Crippen molar-refractivity contribution >= 4 is 19.8 Å². The zero-order valence-electron chi connectivity index (χ0n) is 37.8. The maximum absolute atomic E-state index is 12.8. The summed E-state index contributed by atoms with van der Waals surface area (Å²) in [6.45, 7) is 3.13. The third-order valence-electron chi connectivity index (χ3n) is 9.90. The summed E-state index contributed by atoms with van der Waals surface area (Å²) in [6.07, 6.45) is 37.6. The van der Waals surface area contributed by atoms with E-state index in [1.807, 2.05) is 24.3 Å². The normalized spacial score (nSPS) is 22.6. The molecule has 1 saturated carbocycles. The fraction of sp³-hybridized carbons (Fsp3) is 0.633. The number of hydrogen-bond donors (Lipinski definition) is 6. The maximum Gasteiger partial charge on any atom is 0.472 e. The third kappa shape index (κ3) is 30.5. The fourth-order valence-electron chi connectivity index (χ4n) is 6.15. The van der Waals surface area contributed by atoms with E-state index in [1.54, 1.807) is 0 Å². The molecule has 0 aromatic carbocycles. The number of phosphoric ester groups is 1. The highest BCUT2D eigenvalue weighted by Gasteiger charge is 2.51. The van der Waals surface area contributed by atoms with Crippen molar-refractivity contribution in [2.75, 3.05) is 13.2 Å². The lowest BCUT2D eigenvalue weighted by Gasteiger charge is -2.41. The highest BCUT2D eigenvalue weighted by atomic mass is 31.2. The zero-order valence-corrected chi connectivity index (χ0v) is 38.7. The molecule has 358 valence electrons. The van der Waals surface area contributed by atoms with Gasteiger partial charge >= 0.3 is 19.8 Å². The number of ether oxygens (including phenoxy) is 2. The number of esters is 2. The van der Waals surface area contributed by atoms with E-state index in [-0.39, 0.29) is 12.8 Å². The Balaban J connectivity index is 2.56. The van der Waals surface area contributed by atoms with Crippen LogP contribution in [0.1, 0.15) is 142 Å². The molecule has 0 saturated heterocycles. The number of rotatable bonds is 36. The molecule has 13 nitrogen and oxygen atoms in total. The molecule has 63 heavy (non-hydrogen) atoms. The molecule has 0 amide bonds. The molecule has 0 aliphatic heterocycles. The molecule has 0 spiro atoms. The lowest BCUT2D eigenvalue weighted by atomic mass is 9.85. The van der Waals surface area contributed by atoms with Crippen molar-refractivity contribution in [3.05, 3.63) is 97.2 Å². The lowest BCUT2D eigenvalue weighted by Crippen LogP contribution is -2.64. The quantitative estimate of drug-likeness (QED) is 0.0150. The number of aliphatic hydroxyl groups is 5. The van der Waals surface area contributed by atoms with E-state index in [9.17, 15) is 44.6 Å². The van der Waals surface area contributed by atoms with Crippen molar-refractivity contribution in [1.29, 1.82) is 0 Å². The molecule has 0 bridgehead atoms. The van der Waals surface area contributed by atoms with Crippen molar-refractivity contribution in [3.8, 4) is 0 Å². The third-order valence-corrected chi connectivity index (χ3v) is 10.9. The highest BCUT2D eigenvalue weighted by molar-refractivity contribution is 7.47. The van der Waals surface area contributed by atoms with Crippen LogP contribution in [-0.4, -0.2) is 98.3 Å². The van der Waals surface area contributed by atoms with E-state index >= 15 is 0 Å². The van der Waals surface area contributed by atoms with E-state index < -0.39 is 75.7 Å². The van der Waals surface area contributed by atoms with Crippen molar-refractivity contribution in [2.45, 2.75) is 185 Å². The number of hydrogen-bond acceptors (Lipinski definition) is 12. The molecular weight excluding hydrogens is 827 g/mol. The van der Waals surface area contributed by atoms with Gasteiger partial charge in [0.15, 0.2) is 6.10 Å². The maximum atomic E-state index is 12.8. The van der Waals surface area contributed by atoms with Gasteiger partial charge in [0.2, 0.25) is 0 Å². The van der Waals surface area contributed by atoms with Crippen LogP contribution in [0.15, 0.2) is 97.2 Å². The van der Waals surface area contributed by atoms with Crippen LogP contribution in [0.25, 0.3) is 0 Å². The monoisotopic (exact) mass is 907 g/mol. The predicted molar refractivity (Wildman–Crippen MR) is 248 cm³/mol. The first-order valence-electron chi connectivity index (χ1n) is 23.0. The Labute approximate surface area is 377 Å².